The first-order chi connectivity index (χ1) is 13.4. The number of aliphatic hydroxyl groups is 1. The molecule has 0 bridgehead atoms. The minimum Gasteiger partial charge on any atom is -0.510 e. The SMILES string of the molecule is CN1CC2COCC3=C(C(=O)NCc4ccc(F)cc4F)CC(O)=C(C1=O)N32. The number of carbonyl (C=O) groups excluding carboxylic acids is 2. The Morgan fingerprint density at radius 3 is 2.93 bits per heavy atom. The van der Waals surface area contributed by atoms with E-state index in [0.717, 1.165) is 12.1 Å². The number of likely N-dealkylation sites (N-methyl/N-ethyl adjacent to an activating group) is 1. The number of carbonyl (C=O) groups is 2. The molecule has 2 saturated heterocycles. The van der Waals surface area contributed by atoms with Crippen molar-refractivity contribution in [3.63, 3.8) is 0 Å². The number of morpholine rings is 1. The largest absolute Gasteiger partial charge is 0.510 e. The predicted octanol–water partition coefficient (Wildman–Crippen LogP) is 1.18. The molecule has 148 valence electrons. The molecule has 9 heteroatoms. The highest BCUT2D eigenvalue weighted by Gasteiger charge is 2.44. The molecule has 0 aromatic heterocycles. The van der Waals surface area contributed by atoms with Crippen LogP contribution >= 0.6 is 0 Å². The van der Waals surface area contributed by atoms with Crippen molar-refractivity contribution in [2.45, 2.75) is 19.0 Å². The third kappa shape index (κ3) is 3.01. The van der Waals surface area contributed by atoms with Crippen LogP contribution in [0.1, 0.15) is 12.0 Å². The van der Waals surface area contributed by atoms with E-state index in [9.17, 15) is 23.5 Å². The smallest absolute Gasteiger partial charge is 0.273 e. The second kappa shape index (κ2) is 6.90. The molecular formula is C19H19F2N3O4. The zero-order valence-electron chi connectivity index (χ0n) is 15.2. The average Bonchev–Trinajstić information content (AvgIpc) is 2.65. The van der Waals surface area contributed by atoms with Gasteiger partial charge in [0.1, 0.15) is 23.1 Å². The van der Waals surface area contributed by atoms with Gasteiger partial charge in [0.2, 0.25) is 5.91 Å². The number of nitrogens with one attached hydrogen (secondary N) is 1. The van der Waals surface area contributed by atoms with Gasteiger partial charge in [-0.05, 0) is 6.07 Å². The summed E-state index contributed by atoms with van der Waals surface area (Å²) in [5.74, 6) is -2.43. The molecule has 0 radical (unpaired) electrons. The number of ether oxygens (including phenoxy) is 1. The normalized spacial score (nSPS) is 21.8. The fraction of sp³-hybridized carbons (Fsp3) is 0.368. The number of nitrogens with zero attached hydrogens (tertiary/aromatic N) is 2. The molecular weight excluding hydrogens is 372 g/mol. The van der Waals surface area contributed by atoms with Crippen LogP contribution in [0.4, 0.5) is 8.78 Å². The summed E-state index contributed by atoms with van der Waals surface area (Å²) in [7, 11) is 1.65. The van der Waals surface area contributed by atoms with Crippen LogP contribution < -0.4 is 5.32 Å². The zero-order chi connectivity index (χ0) is 20.0. The Bertz CT molecular complexity index is 928. The van der Waals surface area contributed by atoms with Crippen molar-refractivity contribution >= 4 is 11.8 Å². The Morgan fingerprint density at radius 2 is 2.18 bits per heavy atom. The van der Waals surface area contributed by atoms with E-state index in [1.165, 1.54) is 11.0 Å². The van der Waals surface area contributed by atoms with Crippen molar-refractivity contribution in [2.24, 2.45) is 0 Å². The number of hydrogen-bond donors (Lipinski definition) is 2. The van der Waals surface area contributed by atoms with Crippen molar-refractivity contribution in [1.29, 1.82) is 0 Å². The summed E-state index contributed by atoms with van der Waals surface area (Å²) in [5.41, 5.74) is 1.12. The van der Waals surface area contributed by atoms with Crippen molar-refractivity contribution < 1.29 is 28.2 Å². The van der Waals surface area contributed by atoms with Crippen LogP contribution in [-0.2, 0) is 20.9 Å². The molecule has 2 N–H and O–H groups in total. The van der Waals surface area contributed by atoms with Gasteiger partial charge in [-0.1, -0.05) is 6.07 Å². The Kier molecular flexibility index (Phi) is 4.54. The number of benzene rings is 1. The van der Waals surface area contributed by atoms with Crippen LogP contribution in [0.3, 0.4) is 0 Å². The summed E-state index contributed by atoms with van der Waals surface area (Å²) in [6.45, 7) is 0.783. The molecule has 0 aliphatic carbocycles. The number of halogens is 2. The fourth-order valence-corrected chi connectivity index (χ4v) is 3.80. The minimum atomic E-state index is -0.752. The van der Waals surface area contributed by atoms with Crippen LogP contribution in [-0.4, -0.2) is 59.6 Å². The van der Waals surface area contributed by atoms with E-state index in [1.54, 1.807) is 11.9 Å². The number of hydrogen-bond acceptors (Lipinski definition) is 5. The summed E-state index contributed by atoms with van der Waals surface area (Å²) in [6, 6.07) is 2.93. The molecule has 7 nitrogen and oxygen atoms in total. The molecule has 1 aromatic rings. The lowest BCUT2D eigenvalue weighted by atomic mass is 9.95. The lowest BCUT2D eigenvalue weighted by molar-refractivity contribution is -0.134. The Hall–Kier alpha value is -2.94. The number of allylic oxidation sites excluding steroid dienone is 1. The highest BCUT2D eigenvalue weighted by Crippen LogP contribution is 2.37. The molecule has 1 atom stereocenters. The van der Waals surface area contributed by atoms with Gasteiger partial charge in [0, 0.05) is 43.8 Å². The van der Waals surface area contributed by atoms with Crippen LogP contribution in [0, 0.1) is 11.6 Å². The van der Waals surface area contributed by atoms with Crippen molar-refractivity contribution in [3.05, 3.63) is 58.1 Å². The monoisotopic (exact) mass is 391 g/mol. The number of rotatable bonds is 3. The molecule has 1 unspecified atom stereocenters. The zero-order valence-corrected chi connectivity index (χ0v) is 15.2. The van der Waals surface area contributed by atoms with E-state index in [0.29, 0.717) is 18.8 Å². The van der Waals surface area contributed by atoms with E-state index in [1.807, 2.05) is 0 Å². The highest BCUT2D eigenvalue weighted by atomic mass is 19.1. The Labute approximate surface area is 159 Å². The maximum Gasteiger partial charge on any atom is 0.273 e. The van der Waals surface area contributed by atoms with Crippen molar-refractivity contribution in [3.8, 4) is 0 Å². The van der Waals surface area contributed by atoms with Crippen molar-refractivity contribution in [2.75, 3.05) is 26.8 Å². The Morgan fingerprint density at radius 1 is 1.39 bits per heavy atom. The summed E-state index contributed by atoms with van der Waals surface area (Å²) in [6.07, 6.45) is -0.117. The Balaban J connectivity index is 1.59. The van der Waals surface area contributed by atoms with Gasteiger partial charge < -0.3 is 25.0 Å². The number of amides is 2. The average molecular weight is 391 g/mol. The van der Waals surface area contributed by atoms with Crippen LogP contribution in [0.5, 0.6) is 0 Å². The molecule has 0 spiro atoms. The lowest BCUT2D eigenvalue weighted by Gasteiger charge is -2.48. The molecule has 2 amide bonds. The van der Waals surface area contributed by atoms with Gasteiger partial charge in [-0.15, -0.1) is 0 Å². The van der Waals surface area contributed by atoms with E-state index < -0.39 is 17.5 Å². The first kappa shape index (κ1) is 18.4. The standard InChI is InChI=1S/C19H19F2N3O4/c1-23-7-12-8-28-9-15-13(5-16(25)17(19(23)27)24(12)15)18(26)22-6-10-2-3-11(20)4-14(10)21/h2-4,12,25H,5-9H2,1H3,(H,22,26). The maximum atomic E-state index is 13.8. The summed E-state index contributed by atoms with van der Waals surface area (Å²) in [5, 5.41) is 13.1. The molecule has 0 saturated carbocycles. The molecule has 3 aliphatic rings. The quantitative estimate of drug-likeness (QED) is 0.809. The topological polar surface area (TPSA) is 82.1 Å². The first-order valence-corrected chi connectivity index (χ1v) is 8.85. The molecule has 4 rings (SSSR count). The number of aliphatic hydroxyl groups excluding tert-OH is 1. The van der Waals surface area contributed by atoms with Gasteiger partial charge >= 0.3 is 0 Å². The lowest BCUT2D eigenvalue weighted by Crippen LogP contribution is -2.59. The second-order valence-electron chi connectivity index (χ2n) is 7.04. The van der Waals surface area contributed by atoms with Gasteiger partial charge in [0.05, 0.1) is 25.0 Å². The fourth-order valence-electron chi connectivity index (χ4n) is 3.80. The molecule has 3 aliphatic heterocycles. The third-order valence-electron chi connectivity index (χ3n) is 5.17. The van der Waals surface area contributed by atoms with Gasteiger partial charge in [-0.3, -0.25) is 9.59 Å². The first-order valence-electron chi connectivity index (χ1n) is 8.85. The van der Waals surface area contributed by atoms with Gasteiger partial charge in [-0.2, -0.15) is 0 Å². The van der Waals surface area contributed by atoms with E-state index in [4.69, 9.17) is 4.74 Å². The highest BCUT2D eigenvalue weighted by molar-refractivity contribution is 5.99. The predicted molar refractivity (Wildman–Crippen MR) is 93.6 cm³/mol. The third-order valence-corrected chi connectivity index (χ3v) is 5.17. The van der Waals surface area contributed by atoms with Gasteiger partial charge in [-0.25, -0.2) is 8.78 Å². The van der Waals surface area contributed by atoms with Crippen LogP contribution in [0.15, 0.2) is 40.9 Å². The minimum absolute atomic E-state index is 0.117. The summed E-state index contributed by atoms with van der Waals surface area (Å²) >= 11 is 0. The van der Waals surface area contributed by atoms with E-state index in [2.05, 4.69) is 5.32 Å². The number of piperazine rings is 1. The molecule has 2 fully saturated rings. The van der Waals surface area contributed by atoms with Crippen molar-refractivity contribution in [1.82, 2.24) is 15.1 Å². The van der Waals surface area contributed by atoms with Crippen LogP contribution in [0.25, 0.3) is 0 Å². The summed E-state index contributed by atoms with van der Waals surface area (Å²) in [4.78, 5) is 28.4. The maximum absolute atomic E-state index is 13.8. The van der Waals surface area contributed by atoms with Gasteiger partial charge in [0.15, 0.2) is 0 Å². The van der Waals surface area contributed by atoms with Gasteiger partial charge in [0.25, 0.3) is 5.91 Å². The van der Waals surface area contributed by atoms with E-state index in [-0.39, 0.29) is 54.1 Å². The van der Waals surface area contributed by atoms with Crippen LogP contribution in [0.2, 0.25) is 0 Å². The molecule has 28 heavy (non-hydrogen) atoms. The second-order valence-corrected chi connectivity index (χ2v) is 7.04. The summed E-state index contributed by atoms with van der Waals surface area (Å²) < 4.78 is 32.4. The molecule has 3 heterocycles. The molecule has 1 aromatic carbocycles. The van der Waals surface area contributed by atoms with E-state index >= 15 is 0 Å².